The standard InChI is InChI=1S/C30H32N2O4/c1-6-17-36-25-16-11-22(18-20(25)3)28(33)26-27(21-9-14-23(15-10-21)31(4)5)32(30(35)29(26)34)24-12-7-19(2)8-13-24/h7-16,18,27,33H,6,17H2,1-5H3/b28-26-. The minimum absolute atomic E-state index is 0.0693. The van der Waals surface area contributed by atoms with Crippen molar-refractivity contribution in [1.29, 1.82) is 0 Å². The molecule has 36 heavy (non-hydrogen) atoms. The maximum Gasteiger partial charge on any atom is 0.300 e. The Labute approximate surface area is 212 Å². The fourth-order valence-corrected chi connectivity index (χ4v) is 4.40. The van der Waals surface area contributed by atoms with E-state index in [-0.39, 0.29) is 11.3 Å². The third kappa shape index (κ3) is 4.71. The van der Waals surface area contributed by atoms with Crippen molar-refractivity contribution in [3.8, 4) is 5.75 Å². The van der Waals surface area contributed by atoms with Gasteiger partial charge in [-0.15, -0.1) is 0 Å². The predicted octanol–water partition coefficient (Wildman–Crippen LogP) is 5.78. The van der Waals surface area contributed by atoms with E-state index >= 15 is 0 Å². The molecule has 0 saturated carbocycles. The molecule has 1 aliphatic rings. The maximum atomic E-state index is 13.4. The molecular formula is C30H32N2O4. The highest BCUT2D eigenvalue weighted by Crippen LogP contribution is 2.42. The lowest BCUT2D eigenvalue weighted by atomic mass is 9.94. The van der Waals surface area contributed by atoms with Gasteiger partial charge in [0.2, 0.25) is 0 Å². The molecule has 1 unspecified atom stereocenters. The van der Waals surface area contributed by atoms with Crippen LogP contribution in [0.3, 0.4) is 0 Å². The van der Waals surface area contributed by atoms with Crippen LogP contribution in [0.25, 0.3) is 5.76 Å². The van der Waals surface area contributed by atoms with Gasteiger partial charge in [0.1, 0.15) is 11.5 Å². The van der Waals surface area contributed by atoms with E-state index in [0.29, 0.717) is 17.9 Å². The molecule has 6 nitrogen and oxygen atoms in total. The van der Waals surface area contributed by atoms with Crippen molar-refractivity contribution in [3.05, 3.63) is 94.6 Å². The number of nitrogens with zero attached hydrogens (tertiary/aromatic N) is 2. The largest absolute Gasteiger partial charge is 0.507 e. The number of ether oxygens (including phenoxy) is 1. The van der Waals surface area contributed by atoms with Gasteiger partial charge in [-0.3, -0.25) is 14.5 Å². The summed E-state index contributed by atoms with van der Waals surface area (Å²) in [4.78, 5) is 30.2. The lowest BCUT2D eigenvalue weighted by Gasteiger charge is -2.26. The number of amides is 1. The first-order chi connectivity index (χ1) is 17.2. The third-order valence-corrected chi connectivity index (χ3v) is 6.39. The molecular weight excluding hydrogens is 452 g/mol. The molecule has 3 aromatic carbocycles. The highest BCUT2D eigenvalue weighted by molar-refractivity contribution is 6.51. The second-order valence-corrected chi connectivity index (χ2v) is 9.32. The van der Waals surface area contributed by atoms with Crippen molar-refractivity contribution in [2.24, 2.45) is 0 Å². The Balaban J connectivity index is 1.87. The van der Waals surface area contributed by atoms with Gasteiger partial charge in [0, 0.05) is 31.0 Å². The van der Waals surface area contributed by atoms with Crippen LogP contribution in [-0.2, 0) is 9.59 Å². The van der Waals surface area contributed by atoms with Crippen LogP contribution in [0.4, 0.5) is 11.4 Å². The van der Waals surface area contributed by atoms with Gasteiger partial charge in [0.15, 0.2) is 0 Å². The molecule has 1 saturated heterocycles. The van der Waals surface area contributed by atoms with Crippen LogP contribution in [0.5, 0.6) is 5.75 Å². The molecule has 1 N–H and O–H groups in total. The van der Waals surface area contributed by atoms with E-state index < -0.39 is 17.7 Å². The van der Waals surface area contributed by atoms with Gasteiger partial charge in [-0.25, -0.2) is 0 Å². The number of hydrogen-bond donors (Lipinski definition) is 1. The molecule has 0 spiro atoms. The van der Waals surface area contributed by atoms with E-state index in [1.807, 2.05) is 88.3 Å². The highest BCUT2D eigenvalue weighted by Gasteiger charge is 2.47. The van der Waals surface area contributed by atoms with Crippen molar-refractivity contribution in [2.45, 2.75) is 33.2 Å². The molecule has 0 bridgehead atoms. The van der Waals surface area contributed by atoms with Gasteiger partial charge in [0.05, 0.1) is 18.2 Å². The predicted molar refractivity (Wildman–Crippen MR) is 144 cm³/mol. The number of hydrogen-bond acceptors (Lipinski definition) is 5. The van der Waals surface area contributed by atoms with Crippen LogP contribution in [0.1, 0.15) is 41.6 Å². The van der Waals surface area contributed by atoms with Gasteiger partial charge < -0.3 is 14.7 Å². The lowest BCUT2D eigenvalue weighted by Crippen LogP contribution is -2.29. The summed E-state index contributed by atoms with van der Waals surface area (Å²) in [5.41, 5.74) is 4.75. The van der Waals surface area contributed by atoms with Crippen molar-refractivity contribution >= 4 is 28.8 Å². The van der Waals surface area contributed by atoms with Crippen LogP contribution in [-0.4, -0.2) is 37.5 Å². The van der Waals surface area contributed by atoms with Crippen LogP contribution >= 0.6 is 0 Å². The number of rotatable bonds is 7. The quantitative estimate of drug-likeness (QED) is 0.261. The lowest BCUT2D eigenvalue weighted by molar-refractivity contribution is -0.132. The number of aryl methyl sites for hydroxylation is 2. The summed E-state index contributed by atoms with van der Waals surface area (Å²) in [6, 6.07) is 19.7. The normalized spacial score (nSPS) is 16.9. The zero-order valence-corrected chi connectivity index (χ0v) is 21.4. The summed E-state index contributed by atoms with van der Waals surface area (Å²) < 4.78 is 5.76. The Morgan fingerprint density at radius 1 is 0.972 bits per heavy atom. The number of carbonyl (C=O) groups is 2. The average molecular weight is 485 g/mol. The summed E-state index contributed by atoms with van der Waals surface area (Å²) in [5, 5.41) is 11.4. The number of benzene rings is 3. The van der Waals surface area contributed by atoms with E-state index in [9.17, 15) is 14.7 Å². The molecule has 4 rings (SSSR count). The van der Waals surface area contributed by atoms with Crippen molar-refractivity contribution in [3.63, 3.8) is 0 Å². The number of aliphatic hydroxyl groups excluding tert-OH is 1. The molecule has 0 aromatic heterocycles. The number of ketones is 1. The van der Waals surface area contributed by atoms with Gasteiger partial charge in [-0.2, -0.15) is 0 Å². The summed E-state index contributed by atoms with van der Waals surface area (Å²) in [6.07, 6.45) is 0.885. The van der Waals surface area contributed by atoms with Crippen LogP contribution in [0.2, 0.25) is 0 Å². The smallest absolute Gasteiger partial charge is 0.300 e. The number of anilines is 2. The van der Waals surface area contributed by atoms with Crippen LogP contribution in [0.15, 0.2) is 72.3 Å². The fraction of sp³-hybridized carbons (Fsp3) is 0.267. The van der Waals surface area contributed by atoms with Crippen LogP contribution < -0.4 is 14.5 Å². The molecule has 6 heteroatoms. The second-order valence-electron chi connectivity index (χ2n) is 9.32. The number of carbonyl (C=O) groups excluding carboxylic acids is 2. The molecule has 0 aliphatic carbocycles. The summed E-state index contributed by atoms with van der Waals surface area (Å²) in [7, 11) is 3.90. The van der Waals surface area contributed by atoms with Crippen molar-refractivity contribution in [1.82, 2.24) is 0 Å². The summed E-state index contributed by atoms with van der Waals surface area (Å²) >= 11 is 0. The first-order valence-corrected chi connectivity index (χ1v) is 12.1. The first kappa shape index (κ1) is 25.0. The SMILES string of the molecule is CCCOc1ccc(/C(O)=C2/C(=O)C(=O)N(c3ccc(C)cc3)C2c2ccc(N(C)C)cc2)cc1C. The minimum atomic E-state index is -0.764. The van der Waals surface area contributed by atoms with Gasteiger partial charge in [0.25, 0.3) is 11.7 Å². The molecule has 1 atom stereocenters. The third-order valence-electron chi connectivity index (χ3n) is 6.39. The van der Waals surface area contributed by atoms with E-state index in [1.54, 1.807) is 18.2 Å². The minimum Gasteiger partial charge on any atom is -0.507 e. The molecule has 1 fully saturated rings. The zero-order valence-electron chi connectivity index (χ0n) is 21.4. The Bertz CT molecular complexity index is 1310. The van der Waals surface area contributed by atoms with E-state index in [0.717, 1.165) is 34.5 Å². The Kier molecular flexibility index (Phi) is 7.15. The Morgan fingerprint density at radius 3 is 2.22 bits per heavy atom. The molecule has 1 amide bonds. The van der Waals surface area contributed by atoms with Crippen molar-refractivity contribution < 1.29 is 19.4 Å². The molecule has 3 aromatic rings. The van der Waals surface area contributed by atoms with Gasteiger partial charge in [-0.1, -0.05) is 36.8 Å². The monoisotopic (exact) mass is 484 g/mol. The van der Waals surface area contributed by atoms with Crippen LogP contribution in [0, 0.1) is 13.8 Å². The molecule has 1 heterocycles. The van der Waals surface area contributed by atoms with Gasteiger partial charge >= 0.3 is 0 Å². The highest BCUT2D eigenvalue weighted by atomic mass is 16.5. The topological polar surface area (TPSA) is 70.1 Å². The Hall–Kier alpha value is -4.06. The fourth-order valence-electron chi connectivity index (χ4n) is 4.40. The zero-order chi connectivity index (χ0) is 26.0. The molecule has 1 aliphatic heterocycles. The summed E-state index contributed by atoms with van der Waals surface area (Å²) in [5.74, 6) is -0.848. The Morgan fingerprint density at radius 2 is 1.64 bits per heavy atom. The number of aliphatic hydroxyl groups is 1. The van der Waals surface area contributed by atoms with Crippen molar-refractivity contribution in [2.75, 3.05) is 30.5 Å². The number of Topliss-reactive ketones (excluding diaryl/α,β-unsaturated/α-hetero) is 1. The second kappa shape index (κ2) is 10.3. The van der Waals surface area contributed by atoms with Gasteiger partial charge in [-0.05, 0) is 73.9 Å². The first-order valence-electron chi connectivity index (χ1n) is 12.1. The van der Waals surface area contributed by atoms with E-state index in [1.165, 1.54) is 4.90 Å². The summed E-state index contributed by atoms with van der Waals surface area (Å²) in [6.45, 7) is 6.49. The van der Waals surface area contributed by atoms with E-state index in [2.05, 4.69) is 0 Å². The van der Waals surface area contributed by atoms with E-state index in [4.69, 9.17) is 4.74 Å². The average Bonchev–Trinajstić information content (AvgIpc) is 3.13. The molecule has 186 valence electrons. The maximum absolute atomic E-state index is 13.4. The molecule has 0 radical (unpaired) electrons.